The molecule has 0 aromatic carbocycles. The molecule has 1 fully saturated rings. The summed E-state index contributed by atoms with van der Waals surface area (Å²) in [5, 5.41) is 0. The van der Waals surface area contributed by atoms with Crippen LogP contribution in [0.2, 0.25) is 0 Å². The summed E-state index contributed by atoms with van der Waals surface area (Å²) in [5.74, 6) is 1.64. The van der Waals surface area contributed by atoms with E-state index < -0.39 is 0 Å². The van der Waals surface area contributed by atoms with E-state index in [1.54, 1.807) is 5.57 Å². The van der Waals surface area contributed by atoms with Crippen molar-refractivity contribution >= 4 is 0 Å². The molecule has 130 valence electrons. The monoisotopic (exact) mass is 306 g/mol. The van der Waals surface area contributed by atoms with Crippen molar-refractivity contribution in [1.82, 2.24) is 0 Å². The predicted molar refractivity (Wildman–Crippen MR) is 103 cm³/mol. The van der Waals surface area contributed by atoms with E-state index in [0.29, 0.717) is 10.8 Å². The predicted octanol–water partition coefficient (Wildman–Crippen LogP) is 7.80. The average molecular weight is 307 g/mol. The molecule has 2 aliphatic rings. The molecule has 0 aromatic heterocycles. The lowest BCUT2D eigenvalue weighted by molar-refractivity contribution is 0.155. The van der Waals surface area contributed by atoms with E-state index >= 15 is 0 Å². The van der Waals surface area contributed by atoms with Gasteiger partial charge in [0.2, 0.25) is 0 Å². The Labute approximate surface area is 141 Å². The van der Waals surface area contributed by atoms with Crippen LogP contribution in [0.25, 0.3) is 0 Å². The van der Waals surface area contributed by atoms with Crippen molar-refractivity contribution in [3.05, 3.63) is 23.8 Å². The van der Waals surface area contributed by atoms with E-state index in [9.17, 15) is 0 Å². The van der Waals surface area contributed by atoms with Crippen LogP contribution in [0, 0.1) is 22.7 Å². The minimum absolute atomic E-state index is 0.388. The molecule has 3 unspecified atom stereocenters. The van der Waals surface area contributed by atoms with Gasteiger partial charge in [0.25, 0.3) is 0 Å². The van der Waals surface area contributed by atoms with E-state index in [1.165, 1.54) is 32.1 Å². The van der Waals surface area contributed by atoms with Crippen LogP contribution in [-0.4, -0.2) is 0 Å². The average Bonchev–Trinajstić information content (AvgIpc) is 2.85. The van der Waals surface area contributed by atoms with Crippen LogP contribution < -0.4 is 0 Å². The zero-order valence-electron chi connectivity index (χ0n) is 16.9. The maximum Gasteiger partial charge on any atom is -0.0112 e. The van der Waals surface area contributed by atoms with Crippen LogP contribution >= 0.6 is 0 Å². The second-order valence-corrected chi connectivity index (χ2v) is 7.73. The van der Waals surface area contributed by atoms with Gasteiger partial charge in [-0.15, -0.1) is 0 Å². The van der Waals surface area contributed by atoms with Gasteiger partial charge in [0.05, 0.1) is 0 Å². The zero-order chi connectivity index (χ0) is 17.4. The van der Waals surface area contributed by atoms with Crippen molar-refractivity contribution in [2.45, 2.75) is 94.4 Å². The molecule has 0 nitrogen and oxygen atoms in total. The summed E-state index contributed by atoms with van der Waals surface area (Å²) < 4.78 is 0. The van der Waals surface area contributed by atoms with Crippen LogP contribution in [0.5, 0.6) is 0 Å². The molecule has 22 heavy (non-hydrogen) atoms. The van der Waals surface area contributed by atoms with E-state index in [0.717, 1.165) is 11.8 Å². The van der Waals surface area contributed by atoms with E-state index in [1.807, 2.05) is 13.8 Å². The van der Waals surface area contributed by atoms with Gasteiger partial charge in [-0.25, -0.2) is 0 Å². The molecule has 1 saturated carbocycles. The molecule has 0 amide bonds. The Kier molecular flexibility index (Phi) is 9.35. The number of hydrogen-bond donors (Lipinski definition) is 0. The van der Waals surface area contributed by atoms with Crippen molar-refractivity contribution < 1.29 is 0 Å². The molecule has 0 radical (unpaired) electrons. The van der Waals surface area contributed by atoms with Gasteiger partial charge in [0, 0.05) is 0 Å². The van der Waals surface area contributed by atoms with E-state index in [-0.39, 0.29) is 0 Å². The topological polar surface area (TPSA) is 0 Å². The van der Waals surface area contributed by atoms with Crippen LogP contribution in [0.1, 0.15) is 94.4 Å². The molecule has 0 heteroatoms. The minimum Gasteiger partial charge on any atom is -0.0879 e. The normalized spacial score (nSPS) is 34.5. The third-order valence-electron chi connectivity index (χ3n) is 5.84. The molecule has 0 N–H and O–H groups in total. The Balaban J connectivity index is 0.000000789. The maximum absolute atomic E-state index is 2.50. The third-order valence-corrected chi connectivity index (χ3v) is 5.84. The summed E-state index contributed by atoms with van der Waals surface area (Å²) in [6, 6.07) is 0. The quantitative estimate of drug-likeness (QED) is 0.400. The first-order valence-electron chi connectivity index (χ1n) is 9.65. The second-order valence-electron chi connectivity index (χ2n) is 7.73. The number of allylic oxidation sites excluding steroid dienone is 4. The zero-order valence-corrected chi connectivity index (χ0v) is 16.9. The fourth-order valence-corrected chi connectivity index (χ4v) is 3.73. The van der Waals surface area contributed by atoms with Crippen molar-refractivity contribution in [2.24, 2.45) is 22.7 Å². The first kappa shape index (κ1) is 21.5. The van der Waals surface area contributed by atoms with E-state index in [2.05, 4.69) is 66.7 Å². The molecule has 2 rings (SSSR count). The second kappa shape index (κ2) is 9.58. The Morgan fingerprint density at radius 1 is 1.18 bits per heavy atom. The Morgan fingerprint density at radius 3 is 2.23 bits per heavy atom. The van der Waals surface area contributed by atoms with Gasteiger partial charge in [0.15, 0.2) is 0 Å². The summed E-state index contributed by atoms with van der Waals surface area (Å²) in [6.07, 6.45) is 13.9. The van der Waals surface area contributed by atoms with Crippen LogP contribution in [0.15, 0.2) is 23.8 Å². The molecule has 0 saturated heterocycles. The van der Waals surface area contributed by atoms with E-state index in [4.69, 9.17) is 0 Å². The SMILES string of the molecule is C/C=C1/CC2CC=CC2(C)CCC(C)C1(C)C.CC.CCC. The molecular weight excluding hydrogens is 264 g/mol. The van der Waals surface area contributed by atoms with Crippen molar-refractivity contribution in [3.8, 4) is 0 Å². The van der Waals surface area contributed by atoms with Crippen molar-refractivity contribution in [2.75, 3.05) is 0 Å². The van der Waals surface area contributed by atoms with Crippen molar-refractivity contribution in [1.29, 1.82) is 0 Å². The number of fused-ring (bicyclic) bond motifs is 1. The summed E-state index contributed by atoms with van der Waals surface area (Å²) in [5.41, 5.74) is 2.54. The molecule has 0 bridgehead atoms. The Morgan fingerprint density at radius 2 is 1.73 bits per heavy atom. The molecule has 0 aromatic rings. The molecular formula is C22H42. The lowest BCUT2D eigenvalue weighted by Gasteiger charge is -2.43. The van der Waals surface area contributed by atoms with Gasteiger partial charge in [0.1, 0.15) is 0 Å². The summed E-state index contributed by atoms with van der Waals surface area (Å²) in [6.45, 7) is 20.3. The summed E-state index contributed by atoms with van der Waals surface area (Å²) >= 11 is 0. The van der Waals surface area contributed by atoms with Gasteiger partial charge in [-0.2, -0.15) is 0 Å². The first-order valence-corrected chi connectivity index (χ1v) is 9.65. The standard InChI is InChI=1S/C17H28.C3H8.C2H6/c1-6-14-12-15-8-7-10-17(15,5)11-9-13(2)16(14,3)4;1-3-2;1-2/h6-7,10,13,15H,8-9,11-12H2,1-5H3;3H2,1-2H3;1-2H3/b14-6-;;. The summed E-state index contributed by atoms with van der Waals surface area (Å²) in [7, 11) is 0. The highest BCUT2D eigenvalue weighted by molar-refractivity contribution is 5.20. The van der Waals surface area contributed by atoms with Crippen molar-refractivity contribution in [3.63, 3.8) is 0 Å². The highest BCUT2D eigenvalue weighted by atomic mass is 14.5. The van der Waals surface area contributed by atoms with Gasteiger partial charge < -0.3 is 0 Å². The Hall–Kier alpha value is -0.520. The summed E-state index contributed by atoms with van der Waals surface area (Å²) in [4.78, 5) is 0. The van der Waals surface area contributed by atoms with Crippen LogP contribution in [-0.2, 0) is 0 Å². The first-order chi connectivity index (χ1) is 10.3. The third kappa shape index (κ3) is 5.00. The van der Waals surface area contributed by atoms with Gasteiger partial charge in [-0.05, 0) is 55.3 Å². The highest BCUT2D eigenvalue weighted by Gasteiger charge is 2.41. The lowest BCUT2D eigenvalue weighted by Crippen LogP contribution is -2.33. The van der Waals surface area contributed by atoms with Gasteiger partial charge in [-0.1, -0.05) is 85.6 Å². The van der Waals surface area contributed by atoms with Gasteiger partial charge >= 0.3 is 0 Å². The molecule has 0 heterocycles. The smallest absolute Gasteiger partial charge is 0.0112 e. The number of hydrogen-bond acceptors (Lipinski definition) is 0. The molecule has 0 spiro atoms. The number of rotatable bonds is 0. The van der Waals surface area contributed by atoms with Crippen LogP contribution in [0.4, 0.5) is 0 Å². The lowest BCUT2D eigenvalue weighted by atomic mass is 9.61. The van der Waals surface area contributed by atoms with Crippen LogP contribution in [0.3, 0.4) is 0 Å². The highest BCUT2D eigenvalue weighted by Crippen LogP contribution is 2.52. The molecule has 3 atom stereocenters. The fraction of sp³-hybridized carbons (Fsp3) is 0.818. The van der Waals surface area contributed by atoms with Gasteiger partial charge in [-0.3, -0.25) is 0 Å². The minimum atomic E-state index is 0.388. The molecule has 0 aliphatic heterocycles. The largest absolute Gasteiger partial charge is 0.0879 e. The fourth-order valence-electron chi connectivity index (χ4n) is 3.73. The maximum atomic E-state index is 2.50. The molecule has 2 aliphatic carbocycles. The Bertz CT molecular complexity index is 358.